The van der Waals surface area contributed by atoms with E-state index in [0.717, 1.165) is 24.9 Å². The smallest absolute Gasteiger partial charge is 0.337 e. The number of amides is 1. The highest BCUT2D eigenvalue weighted by atomic mass is 16.4. The van der Waals surface area contributed by atoms with E-state index in [9.17, 15) is 9.59 Å². The molecule has 3 N–H and O–H groups in total. The topological polar surface area (TPSA) is 78.4 Å². The lowest BCUT2D eigenvalue weighted by Crippen LogP contribution is -2.48. The van der Waals surface area contributed by atoms with Gasteiger partial charge in [-0.25, -0.2) is 4.79 Å². The van der Waals surface area contributed by atoms with E-state index in [0.29, 0.717) is 5.69 Å². The van der Waals surface area contributed by atoms with Crippen LogP contribution in [0.5, 0.6) is 0 Å². The Morgan fingerprint density at radius 1 is 1.42 bits per heavy atom. The fourth-order valence-corrected chi connectivity index (χ4v) is 2.29. The van der Waals surface area contributed by atoms with Gasteiger partial charge in [-0.3, -0.25) is 4.79 Å². The Balaban J connectivity index is 2.23. The molecule has 1 atom stereocenters. The maximum Gasteiger partial charge on any atom is 0.337 e. The summed E-state index contributed by atoms with van der Waals surface area (Å²) in [6, 6.07) is 4.98. The molecule has 1 aromatic rings. The molecule has 1 aromatic carbocycles. The molecule has 102 valence electrons. The Morgan fingerprint density at radius 2 is 2.16 bits per heavy atom. The minimum Gasteiger partial charge on any atom is -0.478 e. The van der Waals surface area contributed by atoms with Gasteiger partial charge < -0.3 is 15.7 Å². The van der Waals surface area contributed by atoms with Gasteiger partial charge >= 0.3 is 5.97 Å². The van der Waals surface area contributed by atoms with E-state index >= 15 is 0 Å². The van der Waals surface area contributed by atoms with Crippen LogP contribution in [0.25, 0.3) is 0 Å². The highest BCUT2D eigenvalue weighted by Gasteiger charge is 2.36. The SMILES string of the molecule is Cc1ccc(NC(=O)C2(C)CCCN2)c(C(=O)O)c1. The van der Waals surface area contributed by atoms with Crippen molar-refractivity contribution in [2.75, 3.05) is 11.9 Å². The molecule has 2 rings (SSSR count). The van der Waals surface area contributed by atoms with Gasteiger partial charge in [-0.1, -0.05) is 11.6 Å². The molecule has 1 heterocycles. The molecule has 1 unspecified atom stereocenters. The van der Waals surface area contributed by atoms with Gasteiger partial charge in [0.05, 0.1) is 16.8 Å². The van der Waals surface area contributed by atoms with Gasteiger partial charge in [-0.2, -0.15) is 0 Å². The van der Waals surface area contributed by atoms with Crippen molar-refractivity contribution in [1.29, 1.82) is 0 Å². The van der Waals surface area contributed by atoms with Crippen LogP contribution in [0.2, 0.25) is 0 Å². The van der Waals surface area contributed by atoms with E-state index in [1.54, 1.807) is 18.2 Å². The number of carbonyl (C=O) groups excluding carboxylic acids is 1. The molecule has 5 heteroatoms. The van der Waals surface area contributed by atoms with Crippen molar-refractivity contribution in [3.8, 4) is 0 Å². The Kier molecular flexibility index (Phi) is 3.57. The quantitative estimate of drug-likeness (QED) is 0.775. The first-order chi connectivity index (χ1) is 8.92. The van der Waals surface area contributed by atoms with Crippen LogP contribution in [0.15, 0.2) is 18.2 Å². The number of hydrogen-bond acceptors (Lipinski definition) is 3. The summed E-state index contributed by atoms with van der Waals surface area (Å²) in [4.78, 5) is 23.4. The largest absolute Gasteiger partial charge is 0.478 e. The molecule has 1 aliphatic heterocycles. The van der Waals surface area contributed by atoms with Gasteiger partial charge in [0, 0.05) is 0 Å². The summed E-state index contributed by atoms with van der Waals surface area (Å²) in [7, 11) is 0. The summed E-state index contributed by atoms with van der Waals surface area (Å²) in [6.07, 6.45) is 1.71. The first-order valence-electron chi connectivity index (χ1n) is 6.33. The van der Waals surface area contributed by atoms with Crippen LogP contribution in [0.1, 0.15) is 35.7 Å². The van der Waals surface area contributed by atoms with Crippen LogP contribution in [0, 0.1) is 6.92 Å². The molecular weight excluding hydrogens is 244 g/mol. The summed E-state index contributed by atoms with van der Waals surface area (Å²) in [5, 5.41) is 15.0. The maximum atomic E-state index is 12.2. The minimum absolute atomic E-state index is 0.120. The van der Waals surface area contributed by atoms with Crippen LogP contribution in [-0.4, -0.2) is 29.1 Å². The molecule has 1 saturated heterocycles. The molecule has 5 nitrogen and oxygen atoms in total. The molecule has 1 amide bonds. The maximum absolute atomic E-state index is 12.2. The predicted molar refractivity (Wildman–Crippen MR) is 72.4 cm³/mol. The standard InChI is InChI=1S/C14H18N2O3/c1-9-4-5-11(10(8-9)12(17)18)16-13(19)14(2)6-3-7-15-14/h4-5,8,15H,3,6-7H2,1-2H3,(H,16,19)(H,17,18). The minimum atomic E-state index is -1.04. The van der Waals surface area contributed by atoms with Crippen LogP contribution in [-0.2, 0) is 4.79 Å². The van der Waals surface area contributed by atoms with Crippen molar-refractivity contribution in [3.63, 3.8) is 0 Å². The molecule has 0 spiro atoms. The van der Waals surface area contributed by atoms with Gasteiger partial charge in [-0.05, 0) is 45.4 Å². The third-order valence-electron chi connectivity index (χ3n) is 3.52. The second-order valence-corrected chi connectivity index (χ2v) is 5.17. The predicted octanol–water partition coefficient (Wildman–Crippen LogP) is 1.77. The Labute approximate surface area is 112 Å². The zero-order valence-corrected chi connectivity index (χ0v) is 11.1. The van der Waals surface area contributed by atoms with Gasteiger partial charge in [-0.15, -0.1) is 0 Å². The molecule has 19 heavy (non-hydrogen) atoms. The van der Waals surface area contributed by atoms with Crippen molar-refractivity contribution in [2.24, 2.45) is 0 Å². The number of nitrogens with one attached hydrogen (secondary N) is 2. The van der Waals surface area contributed by atoms with Gasteiger partial charge in [0.25, 0.3) is 0 Å². The Morgan fingerprint density at radius 3 is 2.74 bits per heavy atom. The zero-order chi connectivity index (χ0) is 14.0. The van der Waals surface area contributed by atoms with Crippen molar-refractivity contribution in [2.45, 2.75) is 32.2 Å². The number of carboxylic acid groups (broad SMARTS) is 1. The first-order valence-corrected chi connectivity index (χ1v) is 6.33. The van der Waals surface area contributed by atoms with Crippen molar-refractivity contribution in [3.05, 3.63) is 29.3 Å². The van der Waals surface area contributed by atoms with Crippen molar-refractivity contribution < 1.29 is 14.7 Å². The molecule has 0 saturated carbocycles. The van der Waals surface area contributed by atoms with E-state index in [2.05, 4.69) is 10.6 Å². The van der Waals surface area contributed by atoms with Crippen molar-refractivity contribution >= 4 is 17.6 Å². The van der Waals surface area contributed by atoms with Crippen molar-refractivity contribution in [1.82, 2.24) is 5.32 Å². The van der Waals surface area contributed by atoms with Crippen LogP contribution in [0.4, 0.5) is 5.69 Å². The normalized spacial score (nSPS) is 22.2. The second-order valence-electron chi connectivity index (χ2n) is 5.17. The van der Waals surface area contributed by atoms with Crippen LogP contribution >= 0.6 is 0 Å². The molecule has 0 bridgehead atoms. The summed E-state index contributed by atoms with van der Waals surface area (Å²) >= 11 is 0. The van der Waals surface area contributed by atoms with E-state index in [1.165, 1.54) is 0 Å². The summed E-state index contributed by atoms with van der Waals surface area (Å²) in [5.74, 6) is -1.22. The molecule has 0 aromatic heterocycles. The zero-order valence-electron chi connectivity index (χ0n) is 11.1. The second kappa shape index (κ2) is 5.01. The number of aromatic carboxylic acids is 1. The lowest BCUT2D eigenvalue weighted by molar-refractivity contribution is -0.121. The third kappa shape index (κ3) is 2.76. The van der Waals surface area contributed by atoms with Crippen LogP contribution in [0.3, 0.4) is 0 Å². The number of carbonyl (C=O) groups is 2. The molecule has 0 radical (unpaired) electrons. The molecule has 1 aliphatic rings. The number of hydrogen-bond donors (Lipinski definition) is 3. The Bertz CT molecular complexity index is 519. The first kappa shape index (κ1) is 13.5. The fraction of sp³-hybridized carbons (Fsp3) is 0.429. The average molecular weight is 262 g/mol. The van der Waals surface area contributed by atoms with E-state index < -0.39 is 11.5 Å². The number of carboxylic acids is 1. The summed E-state index contributed by atoms with van der Waals surface area (Å²) in [6.45, 7) is 4.46. The number of benzene rings is 1. The van der Waals surface area contributed by atoms with Gasteiger partial charge in [0.2, 0.25) is 5.91 Å². The Hall–Kier alpha value is -1.88. The molecule has 1 fully saturated rings. The summed E-state index contributed by atoms with van der Waals surface area (Å²) < 4.78 is 0. The lowest BCUT2D eigenvalue weighted by Gasteiger charge is -2.23. The van der Waals surface area contributed by atoms with Gasteiger partial charge in [0.15, 0.2) is 0 Å². The summed E-state index contributed by atoms with van der Waals surface area (Å²) in [5.41, 5.74) is 0.703. The lowest BCUT2D eigenvalue weighted by atomic mass is 9.98. The van der Waals surface area contributed by atoms with E-state index in [-0.39, 0.29) is 11.5 Å². The van der Waals surface area contributed by atoms with E-state index in [1.807, 2.05) is 13.8 Å². The highest BCUT2D eigenvalue weighted by molar-refractivity contribution is 6.03. The third-order valence-corrected chi connectivity index (χ3v) is 3.52. The monoisotopic (exact) mass is 262 g/mol. The average Bonchev–Trinajstić information content (AvgIpc) is 2.79. The van der Waals surface area contributed by atoms with Crippen LogP contribution < -0.4 is 10.6 Å². The van der Waals surface area contributed by atoms with E-state index in [4.69, 9.17) is 5.11 Å². The number of aryl methyl sites for hydroxylation is 1. The van der Waals surface area contributed by atoms with Gasteiger partial charge in [0.1, 0.15) is 0 Å². The molecular formula is C14H18N2O3. The molecule has 0 aliphatic carbocycles. The highest BCUT2D eigenvalue weighted by Crippen LogP contribution is 2.23. The number of rotatable bonds is 3. The number of anilines is 1. The fourth-order valence-electron chi connectivity index (χ4n) is 2.29.